The number of hydrogen-bond donors (Lipinski definition) is 2. The molecule has 0 aliphatic carbocycles. The number of hydrogen-bond acceptors (Lipinski definition) is 6. The van der Waals surface area contributed by atoms with Crippen molar-refractivity contribution in [2.75, 3.05) is 19.4 Å². The lowest BCUT2D eigenvalue weighted by molar-refractivity contribution is 0.0953. The summed E-state index contributed by atoms with van der Waals surface area (Å²) in [6, 6.07) is 7.10. The number of thiophene rings is 1. The van der Waals surface area contributed by atoms with E-state index in [1.54, 1.807) is 23.8 Å². The van der Waals surface area contributed by atoms with Crippen LogP contribution in [-0.2, 0) is 0 Å². The highest BCUT2D eigenvalue weighted by Crippen LogP contribution is 2.31. The minimum Gasteiger partial charge on any atom is -0.487 e. The maximum Gasteiger partial charge on any atom is 0.251 e. The molecule has 0 radical (unpaired) electrons. The summed E-state index contributed by atoms with van der Waals surface area (Å²) in [5.41, 5.74) is 7.11. The van der Waals surface area contributed by atoms with E-state index in [0.717, 1.165) is 22.8 Å². The Bertz CT molecular complexity index is 902. The summed E-state index contributed by atoms with van der Waals surface area (Å²) in [6.07, 6.45) is 4.46. The Kier molecular flexibility index (Phi) is 5.72. The van der Waals surface area contributed by atoms with Gasteiger partial charge in [0.15, 0.2) is 16.5 Å². The van der Waals surface area contributed by atoms with Crippen LogP contribution in [-0.4, -0.2) is 34.2 Å². The van der Waals surface area contributed by atoms with E-state index >= 15 is 0 Å². The van der Waals surface area contributed by atoms with Gasteiger partial charge >= 0.3 is 0 Å². The number of nitrogens with zero attached hydrogens (tertiary/aromatic N) is 3. The number of pyridine rings is 1. The van der Waals surface area contributed by atoms with E-state index in [4.69, 9.17) is 10.5 Å². The Balaban J connectivity index is 1.77. The van der Waals surface area contributed by atoms with Crippen LogP contribution in [0, 0.1) is 0 Å². The Labute approximate surface area is 156 Å². The smallest absolute Gasteiger partial charge is 0.251 e. The molecule has 1 amide bonds. The molecule has 3 aromatic rings. The SMILES string of the molecule is CCCCCCNC(=O)c1cc(N)n2nc(-c3ccc(OC)s3)nc2c1. The topological polar surface area (TPSA) is 94.5 Å². The molecule has 3 aromatic heterocycles. The quantitative estimate of drug-likeness (QED) is 0.591. The highest BCUT2D eigenvalue weighted by molar-refractivity contribution is 7.17. The number of amides is 1. The fraction of sp³-hybridized carbons (Fsp3) is 0.389. The number of unbranched alkanes of at least 4 members (excludes halogenated alkanes) is 3. The number of ether oxygens (including phenoxy) is 1. The molecule has 138 valence electrons. The second-order valence-electron chi connectivity index (χ2n) is 6.01. The van der Waals surface area contributed by atoms with E-state index in [-0.39, 0.29) is 5.91 Å². The predicted molar refractivity (Wildman–Crippen MR) is 104 cm³/mol. The molecule has 3 heterocycles. The highest BCUT2D eigenvalue weighted by atomic mass is 32.1. The lowest BCUT2D eigenvalue weighted by atomic mass is 10.2. The first-order valence-electron chi connectivity index (χ1n) is 8.71. The van der Waals surface area contributed by atoms with E-state index in [1.165, 1.54) is 24.2 Å². The van der Waals surface area contributed by atoms with E-state index in [1.807, 2.05) is 12.1 Å². The van der Waals surface area contributed by atoms with Crippen molar-refractivity contribution in [3.05, 3.63) is 29.8 Å². The summed E-state index contributed by atoms with van der Waals surface area (Å²) in [5, 5.41) is 8.15. The maximum atomic E-state index is 12.4. The summed E-state index contributed by atoms with van der Waals surface area (Å²) in [7, 11) is 1.62. The van der Waals surface area contributed by atoms with E-state index in [9.17, 15) is 4.79 Å². The lowest BCUT2D eigenvalue weighted by Gasteiger charge is -2.06. The van der Waals surface area contributed by atoms with Gasteiger partial charge < -0.3 is 15.8 Å². The molecule has 0 aliphatic heterocycles. The molecular weight excluding hydrogens is 350 g/mol. The summed E-state index contributed by atoms with van der Waals surface area (Å²) in [5.74, 6) is 0.793. The molecule has 7 nitrogen and oxygen atoms in total. The first-order valence-corrected chi connectivity index (χ1v) is 9.52. The van der Waals surface area contributed by atoms with Crippen LogP contribution >= 0.6 is 11.3 Å². The van der Waals surface area contributed by atoms with Crippen molar-refractivity contribution in [2.45, 2.75) is 32.6 Å². The molecule has 0 fully saturated rings. The molecule has 0 unspecified atom stereocenters. The average Bonchev–Trinajstić information content (AvgIpc) is 3.28. The van der Waals surface area contributed by atoms with Crippen molar-refractivity contribution in [1.29, 1.82) is 0 Å². The Morgan fingerprint density at radius 2 is 2.15 bits per heavy atom. The largest absolute Gasteiger partial charge is 0.487 e. The molecule has 0 saturated heterocycles. The van der Waals surface area contributed by atoms with E-state index in [2.05, 4.69) is 22.3 Å². The van der Waals surface area contributed by atoms with Gasteiger partial charge in [0, 0.05) is 12.1 Å². The van der Waals surface area contributed by atoms with Crippen LogP contribution in [0.4, 0.5) is 5.82 Å². The van der Waals surface area contributed by atoms with Crippen LogP contribution in [0.25, 0.3) is 16.3 Å². The van der Waals surface area contributed by atoms with Crippen molar-refractivity contribution in [3.8, 4) is 15.8 Å². The van der Waals surface area contributed by atoms with Crippen molar-refractivity contribution < 1.29 is 9.53 Å². The van der Waals surface area contributed by atoms with E-state index in [0.29, 0.717) is 29.4 Å². The normalized spacial score (nSPS) is 11.0. The third-order valence-electron chi connectivity index (χ3n) is 4.05. The van der Waals surface area contributed by atoms with Gasteiger partial charge in [-0.15, -0.1) is 5.10 Å². The Hall–Kier alpha value is -2.61. The van der Waals surface area contributed by atoms with Gasteiger partial charge in [-0.1, -0.05) is 37.5 Å². The third kappa shape index (κ3) is 3.96. The molecular formula is C18H23N5O2S. The predicted octanol–water partition coefficient (Wildman–Crippen LogP) is 3.36. The summed E-state index contributed by atoms with van der Waals surface area (Å²) in [6.45, 7) is 2.83. The van der Waals surface area contributed by atoms with Crippen molar-refractivity contribution in [3.63, 3.8) is 0 Å². The van der Waals surface area contributed by atoms with Crippen LogP contribution < -0.4 is 15.8 Å². The minimum atomic E-state index is -0.141. The molecule has 0 saturated carbocycles. The molecule has 0 spiro atoms. The van der Waals surface area contributed by atoms with Gasteiger partial charge in [0.2, 0.25) is 0 Å². The zero-order valence-electron chi connectivity index (χ0n) is 15.0. The second kappa shape index (κ2) is 8.18. The van der Waals surface area contributed by atoms with Crippen LogP contribution in [0.3, 0.4) is 0 Å². The van der Waals surface area contributed by atoms with Crippen LogP contribution in [0.5, 0.6) is 5.06 Å². The molecule has 8 heteroatoms. The molecule has 0 aromatic carbocycles. The number of fused-ring (bicyclic) bond motifs is 1. The number of anilines is 1. The lowest BCUT2D eigenvalue weighted by Crippen LogP contribution is -2.24. The van der Waals surface area contributed by atoms with Gasteiger partial charge in [0.05, 0.1) is 12.0 Å². The molecule has 26 heavy (non-hydrogen) atoms. The standard InChI is InChI=1S/C18H23N5O2S/c1-3-4-5-6-9-20-18(24)12-10-14(19)23-15(11-12)21-17(22-23)13-7-8-16(25-2)26-13/h7-8,10-11H,3-6,9,19H2,1-2H3,(H,20,24). The number of rotatable bonds is 8. The van der Waals surface area contributed by atoms with Crippen molar-refractivity contribution in [1.82, 2.24) is 19.9 Å². The number of carbonyl (C=O) groups is 1. The van der Waals surface area contributed by atoms with Gasteiger partial charge in [-0.05, 0) is 30.7 Å². The molecule has 0 bridgehead atoms. The Morgan fingerprint density at radius 1 is 1.31 bits per heavy atom. The minimum absolute atomic E-state index is 0.141. The average molecular weight is 373 g/mol. The Morgan fingerprint density at radius 3 is 2.88 bits per heavy atom. The van der Waals surface area contributed by atoms with Crippen LogP contribution in [0.2, 0.25) is 0 Å². The number of carbonyl (C=O) groups excluding carboxylic acids is 1. The molecule has 0 aliphatic rings. The van der Waals surface area contributed by atoms with Gasteiger partial charge in [0.25, 0.3) is 5.91 Å². The fourth-order valence-electron chi connectivity index (χ4n) is 2.65. The third-order valence-corrected chi connectivity index (χ3v) is 5.09. The first kappa shape index (κ1) is 18.2. The first-order chi connectivity index (χ1) is 12.6. The highest BCUT2D eigenvalue weighted by Gasteiger charge is 2.14. The van der Waals surface area contributed by atoms with Gasteiger partial charge in [-0.2, -0.15) is 4.52 Å². The van der Waals surface area contributed by atoms with E-state index < -0.39 is 0 Å². The van der Waals surface area contributed by atoms with Crippen molar-refractivity contribution >= 4 is 28.7 Å². The van der Waals surface area contributed by atoms with Gasteiger partial charge in [0.1, 0.15) is 5.82 Å². The zero-order chi connectivity index (χ0) is 18.5. The van der Waals surface area contributed by atoms with Crippen LogP contribution in [0.1, 0.15) is 43.0 Å². The van der Waals surface area contributed by atoms with Gasteiger partial charge in [-0.25, -0.2) is 4.98 Å². The number of nitrogens with one attached hydrogen (secondary N) is 1. The van der Waals surface area contributed by atoms with Crippen LogP contribution in [0.15, 0.2) is 24.3 Å². The van der Waals surface area contributed by atoms with Gasteiger partial charge in [-0.3, -0.25) is 4.79 Å². The second-order valence-corrected chi connectivity index (χ2v) is 7.06. The zero-order valence-corrected chi connectivity index (χ0v) is 15.8. The number of aromatic nitrogens is 3. The summed E-state index contributed by atoms with van der Waals surface area (Å²) < 4.78 is 6.75. The molecule has 3 rings (SSSR count). The molecule has 0 atom stereocenters. The number of methoxy groups -OCH3 is 1. The fourth-order valence-corrected chi connectivity index (χ4v) is 3.40. The molecule has 3 N–H and O–H groups in total. The number of nitrogens with two attached hydrogens (primary N) is 1. The maximum absolute atomic E-state index is 12.4. The summed E-state index contributed by atoms with van der Waals surface area (Å²) in [4.78, 5) is 17.7. The summed E-state index contributed by atoms with van der Waals surface area (Å²) >= 11 is 1.45. The monoisotopic (exact) mass is 373 g/mol. The number of nitrogen functional groups attached to an aromatic ring is 1. The van der Waals surface area contributed by atoms with Crippen molar-refractivity contribution in [2.24, 2.45) is 0 Å².